The highest BCUT2D eigenvalue weighted by molar-refractivity contribution is 6.00. The fourth-order valence-electron chi connectivity index (χ4n) is 5.02. The smallest absolute Gasteiger partial charge is 0.331 e. The number of esters is 1. The van der Waals surface area contributed by atoms with Gasteiger partial charge in [0.1, 0.15) is 12.4 Å². The second kappa shape index (κ2) is 11.4. The van der Waals surface area contributed by atoms with E-state index < -0.39 is 35.3 Å². The average Bonchev–Trinajstić information content (AvgIpc) is 2.76. The molecule has 0 aliphatic heterocycles. The quantitative estimate of drug-likeness (QED) is 0.218. The Bertz CT molecular complexity index is 879. The van der Waals surface area contributed by atoms with Gasteiger partial charge in [-0.15, -0.1) is 0 Å². The summed E-state index contributed by atoms with van der Waals surface area (Å²) in [6.45, 7) is 11.9. The van der Waals surface area contributed by atoms with Crippen LogP contribution in [0.5, 0.6) is 0 Å². The molecule has 1 N–H and O–H groups in total. The number of ketones is 1. The predicted octanol–water partition coefficient (Wildman–Crippen LogP) is 4.85. The number of fused-ring (bicyclic) bond motifs is 1. The number of rotatable bonds is 10. The lowest BCUT2D eigenvalue weighted by Gasteiger charge is -2.48. The Morgan fingerprint density at radius 3 is 2.61 bits per heavy atom. The van der Waals surface area contributed by atoms with Gasteiger partial charge in [0, 0.05) is 11.5 Å². The summed E-state index contributed by atoms with van der Waals surface area (Å²) in [5.74, 6) is -2.25. The van der Waals surface area contributed by atoms with Crippen LogP contribution in [0, 0.1) is 29.1 Å². The van der Waals surface area contributed by atoms with Gasteiger partial charge in [-0.05, 0) is 54.7 Å². The van der Waals surface area contributed by atoms with E-state index >= 15 is 0 Å². The van der Waals surface area contributed by atoms with Gasteiger partial charge in [-0.2, -0.15) is 0 Å². The zero-order chi connectivity index (χ0) is 24.8. The van der Waals surface area contributed by atoms with Crippen LogP contribution in [0.4, 0.5) is 0 Å². The summed E-state index contributed by atoms with van der Waals surface area (Å²) in [6.07, 6.45) is 11.1. The Labute approximate surface area is 196 Å². The van der Waals surface area contributed by atoms with E-state index in [4.69, 9.17) is 4.74 Å². The van der Waals surface area contributed by atoms with Gasteiger partial charge in [0.25, 0.3) is 0 Å². The number of hydrogen-bond acceptors (Lipinski definition) is 5. The maximum atomic E-state index is 12.7. The zero-order valence-corrected chi connectivity index (χ0v) is 20.1. The van der Waals surface area contributed by atoms with Gasteiger partial charge < -0.3 is 9.84 Å². The van der Waals surface area contributed by atoms with Crippen LogP contribution in [-0.2, 0) is 23.9 Å². The number of aldehydes is 1. The molecular formula is C27H36O6. The molecule has 0 aromatic carbocycles. The van der Waals surface area contributed by atoms with E-state index in [1.54, 1.807) is 13.0 Å². The molecule has 6 atom stereocenters. The van der Waals surface area contributed by atoms with Crippen LogP contribution in [0.15, 0.2) is 48.1 Å². The van der Waals surface area contributed by atoms with Crippen molar-refractivity contribution in [2.45, 2.75) is 65.9 Å². The first-order chi connectivity index (χ1) is 15.5. The predicted molar refractivity (Wildman–Crippen MR) is 126 cm³/mol. The lowest BCUT2D eigenvalue weighted by molar-refractivity contribution is -0.152. The van der Waals surface area contributed by atoms with Crippen LogP contribution < -0.4 is 0 Å². The van der Waals surface area contributed by atoms with Crippen molar-refractivity contribution >= 4 is 24.0 Å². The van der Waals surface area contributed by atoms with Gasteiger partial charge in [-0.1, -0.05) is 58.9 Å². The summed E-state index contributed by atoms with van der Waals surface area (Å²) in [5.41, 5.74) is -0.258. The van der Waals surface area contributed by atoms with Crippen LogP contribution in [-0.4, -0.2) is 35.2 Å². The van der Waals surface area contributed by atoms with E-state index in [-0.39, 0.29) is 17.8 Å². The highest BCUT2D eigenvalue weighted by atomic mass is 16.5. The van der Waals surface area contributed by atoms with Gasteiger partial charge in [0.15, 0.2) is 5.78 Å². The summed E-state index contributed by atoms with van der Waals surface area (Å²) in [5, 5.41) is 9.79. The maximum Gasteiger partial charge on any atom is 0.331 e. The Balaban J connectivity index is 2.15. The number of carboxylic acid groups (broad SMARTS) is 1. The van der Waals surface area contributed by atoms with Crippen LogP contribution >= 0.6 is 0 Å². The monoisotopic (exact) mass is 456 g/mol. The number of aliphatic carboxylic acids is 1. The fourth-order valence-corrected chi connectivity index (χ4v) is 5.02. The van der Waals surface area contributed by atoms with E-state index in [0.29, 0.717) is 36.5 Å². The number of carbonyl (C=O) groups is 4. The minimum atomic E-state index is -0.963. The average molecular weight is 457 g/mol. The van der Waals surface area contributed by atoms with Crippen molar-refractivity contribution in [1.29, 1.82) is 0 Å². The summed E-state index contributed by atoms with van der Waals surface area (Å²) in [6, 6.07) is 0. The molecule has 180 valence electrons. The first kappa shape index (κ1) is 26.5. The zero-order valence-electron chi connectivity index (χ0n) is 20.1. The minimum absolute atomic E-state index is 0.136. The molecule has 6 heteroatoms. The first-order valence-electron chi connectivity index (χ1n) is 11.7. The summed E-state index contributed by atoms with van der Waals surface area (Å²) < 4.78 is 5.65. The first-order valence-corrected chi connectivity index (χ1v) is 11.7. The second-order valence-corrected chi connectivity index (χ2v) is 9.73. The molecule has 2 rings (SSSR count). The van der Waals surface area contributed by atoms with Crippen molar-refractivity contribution in [3.63, 3.8) is 0 Å². The molecule has 1 fully saturated rings. The van der Waals surface area contributed by atoms with E-state index in [2.05, 4.69) is 27.4 Å². The molecule has 0 spiro atoms. The molecule has 0 bridgehead atoms. The largest absolute Gasteiger partial charge is 0.481 e. The van der Waals surface area contributed by atoms with Crippen molar-refractivity contribution in [3.8, 4) is 0 Å². The number of ether oxygens (including phenoxy) is 1. The van der Waals surface area contributed by atoms with Crippen molar-refractivity contribution in [3.05, 3.63) is 48.1 Å². The molecule has 0 amide bonds. The van der Waals surface area contributed by atoms with Gasteiger partial charge in [0.2, 0.25) is 0 Å². The molecule has 0 aromatic rings. The normalized spacial score (nSPS) is 29.3. The third-order valence-corrected chi connectivity index (χ3v) is 7.17. The van der Waals surface area contributed by atoms with Crippen molar-refractivity contribution < 1.29 is 29.0 Å². The standard InChI is InChI=1S/C27H36O6/c1-6-17(2)13-18(3)9-7-8-10-25(30)33-24-12-11-21(26(31)32)27(5)15-20(19(4)16-28)23(29)14-22(24)27/h7-10,14,16-18,20-21,24H,4,6,11-13,15H2,1-3,5H3,(H,31,32)/b9-7+,10-8+/t17?,18?,20?,21-,24-,27-/m1/s1. The molecule has 0 aromatic heterocycles. The van der Waals surface area contributed by atoms with Crippen molar-refractivity contribution in [1.82, 2.24) is 0 Å². The van der Waals surface area contributed by atoms with Crippen molar-refractivity contribution in [2.75, 3.05) is 0 Å². The molecule has 0 radical (unpaired) electrons. The topological polar surface area (TPSA) is 97.7 Å². The lowest BCUT2D eigenvalue weighted by atomic mass is 9.56. The Morgan fingerprint density at radius 1 is 1.30 bits per heavy atom. The molecule has 33 heavy (non-hydrogen) atoms. The van der Waals surface area contributed by atoms with E-state index in [0.717, 1.165) is 12.8 Å². The third-order valence-electron chi connectivity index (χ3n) is 7.17. The van der Waals surface area contributed by atoms with E-state index in [9.17, 15) is 24.3 Å². The third kappa shape index (κ3) is 6.40. The van der Waals surface area contributed by atoms with Gasteiger partial charge >= 0.3 is 11.9 Å². The fraction of sp³-hybridized carbons (Fsp3) is 0.556. The summed E-state index contributed by atoms with van der Waals surface area (Å²) in [4.78, 5) is 48.3. The molecule has 6 nitrogen and oxygen atoms in total. The second-order valence-electron chi connectivity index (χ2n) is 9.73. The lowest BCUT2D eigenvalue weighted by Crippen LogP contribution is -2.49. The van der Waals surface area contributed by atoms with Gasteiger partial charge in [0.05, 0.1) is 11.8 Å². The molecule has 0 heterocycles. The Morgan fingerprint density at radius 2 is 2.00 bits per heavy atom. The van der Waals surface area contributed by atoms with Crippen LogP contribution in [0.25, 0.3) is 0 Å². The van der Waals surface area contributed by atoms with Gasteiger partial charge in [-0.25, -0.2) is 4.79 Å². The van der Waals surface area contributed by atoms with Gasteiger partial charge in [-0.3, -0.25) is 14.4 Å². The molecule has 1 saturated carbocycles. The van der Waals surface area contributed by atoms with E-state index in [1.807, 2.05) is 12.2 Å². The summed E-state index contributed by atoms with van der Waals surface area (Å²) >= 11 is 0. The van der Waals surface area contributed by atoms with Crippen LogP contribution in [0.2, 0.25) is 0 Å². The summed E-state index contributed by atoms with van der Waals surface area (Å²) in [7, 11) is 0. The maximum absolute atomic E-state index is 12.7. The molecule has 2 aliphatic carbocycles. The van der Waals surface area contributed by atoms with Crippen molar-refractivity contribution in [2.24, 2.45) is 29.1 Å². The minimum Gasteiger partial charge on any atom is -0.481 e. The number of carboxylic acids is 1. The number of carbonyl (C=O) groups excluding carboxylic acids is 3. The Kier molecular flexibility index (Phi) is 9.15. The molecule has 2 aliphatic rings. The molecule has 0 saturated heterocycles. The van der Waals surface area contributed by atoms with E-state index in [1.165, 1.54) is 12.2 Å². The highest BCUT2D eigenvalue weighted by Crippen LogP contribution is 2.53. The molecular weight excluding hydrogens is 420 g/mol. The van der Waals surface area contributed by atoms with Crippen LogP contribution in [0.3, 0.4) is 0 Å². The highest BCUT2D eigenvalue weighted by Gasteiger charge is 2.53. The SMILES string of the molecule is C=C(C=O)C1C[C@@]2(C)C(=CC1=O)[C@H](OC(=O)/C=C/C=C/C(C)CC(C)CC)CC[C@@H]2C(=O)O. The number of hydrogen-bond donors (Lipinski definition) is 1. The Hall–Kier alpha value is -2.76. The number of allylic oxidation sites excluding steroid dienone is 5. The molecule has 3 unspecified atom stereocenters. The van der Waals surface area contributed by atoms with Crippen LogP contribution in [0.1, 0.15) is 59.8 Å².